The van der Waals surface area contributed by atoms with E-state index in [4.69, 9.17) is 34.8 Å². The summed E-state index contributed by atoms with van der Waals surface area (Å²) in [6.45, 7) is 1.86. The first-order valence-electron chi connectivity index (χ1n) is 9.26. The number of ketones is 1. The Morgan fingerprint density at radius 3 is 2.31 bits per heavy atom. The average molecular weight is 491 g/mol. The fourth-order valence-corrected chi connectivity index (χ4v) is 3.48. The van der Waals surface area contributed by atoms with Gasteiger partial charge >= 0.3 is 0 Å². The Bertz CT molecular complexity index is 1180. The molecule has 0 radical (unpaired) electrons. The van der Waals surface area contributed by atoms with Crippen molar-refractivity contribution in [2.75, 3.05) is 12.4 Å². The Morgan fingerprint density at radius 2 is 1.69 bits per heavy atom. The highest BCUT2D eigenvalue weighted by molar-refractivity contribution is 6.34. The van der Waals surface area contributed by atoms with Gasteiger partial charge in [-0.3, -0.25) is 14.6 Å². The molecule has 0 bridgehead atoms. The maximum absolute atomic E-state index is 12.9. The van der Waals surface area contributed by atoms with Crippen LogP contribution in [0.1, 0.15) is 46.2 Å². The van der Waals surface area contributed by atoms with Crippen molar-refractivity contribution in [1.82, 2.24) is 4.98 Å². The van der Waals surface area contributed by atoms with E-state index in [-0.39, 0.29) is 25.2 Å². The van der Waals surface area contributed by atoms with Gasteiger partial charge in [-0.15, -0.1) is 0 Å². The molecule has 0 saturated carbocycles. The molecule has 0 aliphatic heterocycles. The van der Waals surface area contributed by atoms with Gasteiger partial charge < -0.3 is 5.32 Å². The Hall–Kier alpha value is -2.73. The summed E-state index contributed by atoms with van der Waals surface area (Å²) < 4.78 is 0. The number of hydrogen-bond donors (Lipinski definition) is 1. The van der Waals surface area contributed by atoms with Crippen molar-refractivity contribution < 1.29 is 9.59 Å². The lowest BCUT2D eigenvalue weighted by molar-refractivity contribution is 0.0992. The molecule has 0 spiro atoms. The predicted octanol–water partition coefficient (Wildman–Crippen LogP) is 6.79. The molecule has 1 heterocycles. The normalized spacial score (nSPS) is 11.0. The number of rotatable bonds is 6. The van der Waals surface area contributed by atoms with E-state index < -0.39 is 5.91 Å². The molecule has 0 unspecified atom stereocenters. The highest BCUT2D eigenvalue weighted by atomic mass is 35.5. The highest BCUT2D eigenvalue weighted by Crippen LogP contribution is 2.23. The molecular weight excluding hydrogens is 469 g/mol. The van der Waals surface area contributed by atoms with Crippen LogP contribution in [0.4, 0.5) is 5.82 Å². The van der Waals surface area contributed by atoms with Gasteiger partial charge in [0.25, 0.3) is 5.91 Å². The molecule has 0 aliphatic carbocycles. The maximum atomic E-state index is 12.9. The topological polar surface area (TPSA) is 71.4 Å². The van der Waals surface area contributed by atoms with E-state index in [2.05, 4.69) is 15.3 Å². The van der Waals surface area contributed by atoms with Gasteiger partial charge in [-0.05, 0) is 54.4 Å². The van der Waals surface area contributed by atoms with Crippen LogP contribution in [0.5, 0.6) is 0 Å². The summed E-state index contributed by atoms with van der Waals surface area (Å²) in [5.41, 5.74) is 2.82. The van der Waals surface area contributed by atoms with E-state index >= 15 is 0 Å². The number of Topliss-reactive ketones (excluding diaryl/α,β-unsaturated/α-hetero) is 1. The number of pyridine rings is 1. The molecule has 8 heteroatoms. The highest BCUT2D eigenvalue weighted by Gasteiger charge is 2.18. The fraction of sp³-hybridized carbons (Fsp3) is 0.167. The number of amides is 1. The number of halogens is 3. The molecule has 0 aliphatic rings. The SMILES string of the molecule is C.CN=C(C)c1ccc(C(=O)Cc2ccc(Cl)cc2C(=O)Nc2ccc(Cl)cn2)c(Cl)c1. The Labute approximate surface area is 202 Å². The summed E-state index contributed by atoms with van der Waals surface area (Å²) in [7, 11) is 1.69. The van der Waals surface area contributed by atoms with Crippen LogP contribution in [0.3, 0.4) is 0 Å². The van der Waals surface area contributed by atoms with E-state index in [0.717, 1.165) is 11.3 Å². The van der Waals surface area contributed by atoms with E-state index in [1.54, 1.807) is 49.5 Å². The lowest BCUT2D eigenvalue weighted by Crippen LogP contribution is -2.17. The van der Waals surface area contributed by atoms with Crippen LogP contribution in [0.15, 0.2) is 59.7 Å². The van der Waals surface area contributed by atoms with Gasteiger partial charge in [-0.25, -0.2) is 4.98 Å². The predicted molar refractivity (Wildman–Crippen MR) is 133 cm³/mol. The summed E-state index contributed by atoms with van der Waals surface area (Å²) in [4.78, 5) is 33.9. The number of nitrogens with one attached hydrogen (secondary N) is 1. The number of hydrogen-bond acceptors (Lipinski definition) is 4. The van der Waals surface area contributed by atoms with Crippen LogP contribution in [0.2, 0.25) is 15.1 Å². The van der Waals surface area contributed by atoms with Crippen molar-refractivity contribution in [2.24, 2.45) is 4.99 Å². The summed E-state index contributed by atoms with van der Waals surface area (Å²) in [5, 5.41) is 3.85. The number of aromatic nitrogens is 1. The van der Waals surface area contributed by atoms with Crippen molar-refractivity contribution >= 4 is 58.0 Å². The second-order valence-electron chi connectivity index (χ2n) is 6.72. The van der Waals surface area contributed by atoms with E-state index in [0.29, 0.717) is 32.0 Å². The molecule has 0 fully saturated rings. The van der Waals surface area contributed by atoms with E-state index in [1.165, 1.54) is 12.3 Å². The van der Waals surface area contributed by atoms with Crippen LogP contribution >= 0.6 is 34.8 Å². The molecule has 32 heavy (non-hydrogen) atoms. The van der Waals surface area contributed by atoms with Crippen molar-refractivity contribution in [3.8, 4) is 0 Å². The van der Waals surface area contributed by atoms with Crippen LogP contribution in [0.25, 0.3) is 0 Å². The van der Waals surface area contributed by atoms with Crippen molar-refractivity contribution in [2.45, 2.75) is 20.8 Å². The van der Waals surface area contributed by atoms with Crippen LogP contribution in [0, 0.1) is 0 Å². The van der Waals surface area contributed by atoms with Crippen LogP contribution < -0.4 is 5.32 Å². The van der Waals surface area contributed by atoms with E-state index in [1.807, 2.05) is 6.92 Å². The number of carbonyl (C=O) groups is 2. The Morgan fingerprint density at radius 1 is 0.969 bits per heavy atom. The Balaban J connectivity index is 0.00000363. The third-order valence-electron chi connectivity index (χ3n) is 4.66. The molecule has 3 rings (SSSR count). The minimum atomic E-state index is -0.434. The van der Waals surface area contributed by atoms with Gasteiger partial charge in [-0.2, -0.15) is 0 Å². The molecule has 0 saturated heterocycles. The third kappa shape index (κ3) is 6.16. The van der Waals surface area contributed by atoms with Gasteiger partial charge in [-0.1, -0.05) is 54.4 Å². The zero-order valence-electron chi connectivity index (χ0n) is 16.7. The first kappa shape index (κ1) is 25.5. The van der Waals surface area contributed by atoms with E-state index in [9.17, 15) is 9.59 Å². The standard InChI is InChI=1S/C23H18Cl3N3O2.CH4/c1-13(27-2)14-4-7-18(20(26)9-14)21(30)10-15-3-5-16(24)11-19(15)23(31)29-22-8-6-17(25)12-28-22;/h3-9,11-12H,10H2,1-2H3,(H,28,29,31);1H4. The zero-order chi connectivity index (χ0) is 22.5. The van der Waals surface area contributed by atoms with Crippen molar-refractivity contribution in [3.63, 3.8) is 0 Å². The molecule has 5 nitrogen and oxygen atoms in total. The zero-order valence-corrected chi connectivity index (χ0v) is 19.0. The number of aliphatic imine (C=N–C) groups is 1. The largest absolute Gasteiger partial charge is 0.307 e. The van der Waals surface area contributed by atoms with Gasteiger partial charge in [0.15, 0.2) is 5.78 Å². The number of anilines is 1. The minimum Gasteiger partial charge on any atom is -0.307 e. The first-order chi connectivity index (χ1) is 14.8. The lowest BCUT2D eigenvalue weighted by atomic mass is 9.97. The Kier molecular flexibility index (Phi) is 8.96. The van der Waals surface area contributed by atoms with Gasteiger partial charge in [0.1, 0.15) is 5.82 Å². The smallest absolute Gasteiger partial charge is 0.257 e. The summed E-state index contributed by atoms with van der Waals surface area (Å²) in [5.74, 6) is -0.321. The molecule has 2 aromatic carbocycles. The van der Waals surface area contributed by atoms with Gasteiger partial charge in [0.2, 0.25) is 0 Å². The first-order valence-corrected chi connectivity index (χ1v) is 10.4. The summed E-state index contributed by atoms with van der Waals surface area (Å²) in [6, 6.07) is 13.2. The molecule has 0 atom stereocenters. The van der Waals surface area contributed by atoms with Crippen LogP contribution in [-0.2, 0) is 6.42 Å². The second-order valence-corrected chi connectivity index (χ2v) is 8.00. The third-order valence-corrected chi connectivity index (χ3v) is 5.43. The molecule has 1 aromatic heterocycles. The van der Waals surface area contributed by atoms with Gasteiger partial charge in [0.05, 0.1) is 10.0 Å². The molecule has 1 amide bonds. The summed E-state index contributed by atoms with van der Waals surface area (Å²) >= 11 is 18.3. The fourth-order valence-electron chi connectivity index (χ4n) is 2.91. The monoisotopic (exact) mass is 489 g/mol. The number of nitrogens with zero attached hydrogens (tertiary/aromatic N) is 2. The number of benzene rings is 2. The van der Waals surface area contributed by atoms with Crippen molar-refractivity contribution in [3.05, 3.63) is 92.0 Å². The molecule has 166 valence electrons. The maximum Gasteiger partial charge on any atom is 0.257 e. The average Bonchev–Trinajstić information content (AvgIpc) is 2.75. The molecule has 1 N–H and O–H groups in total. The molecule has 3 aromatic rings. The lowest BCUT2D eigenvalue weighted by Gasteiger charge is -2.11. The van der Waals surface area contributed by atoms with Crippen LogP contribution in [-0.4, -0.2) is 29.4 Å². The molecular formula is C24H22Cl3N3O2. The van der Waals surface area contributed by atoms with Gasteiger partial charge in [0, 0.05) is 41.5 Å². The number of carbonyl (C=O) groups excluding carboxylic acids is 2. The quantitative estimate of drug-likeness (QED) is 0.305. The summed E-state index contributed by atoms with van der Waals surface area (Å²) in [6.07, 6.45) is 1.41. The van der Waals surface area contributed by atoms with Crippen molar-refractivity contribution in [1.29, 1.82) is 0 Å². The minimum absolute atomic E-state index is 0. The second kappa shape index (κ2) is 11.2.